The van der Waals surface area contributed by atoms with Gasteiger partial charge in [-0.3, -0.25) is 0 Å². The fourth-order valence-corrected chi connectivity index (χ4v) is 1.53. The van der Waals surface area contributed by atoms with Gasteiger partial charge in [-0.15, -0.1) is 10.2 Å². The molecule has 0 spiro atoms. The summed E-state index contributed by atoms with van der Waals surface area (Å²) < 4.78 is 6.13. The number of hydrogen-bond acceptors (Lipinski definition) is 6. The summed E-state index contributed by atoms with van der Waals surface area (Å²) in [6.07, 6.45) is 0. The number of nitrogens with zero attached hydrogens (tertiary/aromatic N) is 4. The molecular formula is C11H13N5O2. The monoisotopic (exact) mass is 247 g/mol. The summed E-state index contributed by atoms with van der Waals surface area (Å²) in [7, 11) is 1.29. The second-order valence-electron chi connectivity index (χ2n) is 3.76. The van der Waals surface area contributed by atoms with Crippen molar-refractivity contribution < 1.29 is 9.53 Å². The van der Waals surface area contributed by atoms with Crippen molar-refractivity contribution in [2.24, 2.45) is 0 Å². The zero-order valence-electron chi connectivity index (χ0n) is 10.3. The molecule has 0 fully saturated rings. The molecule has 0 saturated heterocycles. The molecule has 2 heterocycles. The third-order valence-corrected chi connectivity index (χ3v) is 2.61. The van der Waals surface area contributed by atoms with Crippen LogP contribution >= 0.6 is 0 Å². The maximum absolute atomic E-state index is 11.2. The Morgan fingerprint density at radius 2 is 2.06 bits per heavy atom. The number of methoxy groups -OCH3 is 1. The number of aryl methyl sites for hydroxylation is 1. The van der Waals surface area contributed by atoms with Crippen molar-refractivity contribution in [3.8, 4) is 5.82 Å². The van der Waals surface area contributed by atoms with E-state index >= 15 is 0 Å². The van der Waals surface area contributed by atoms with E-state index in [-0.39, 0.29) is 5.69 Å². The molecule has 2 N–H and O–H groups in total. The zero-order valence-corrected chi connectivity index (χ0v) is 10.3. The Hall–Kier alpha value is -2.44. The average Bonchev–Trinajstić information content (AvgIpc) is 2.66. The number of carbonyl (C=O) groups excluding carboxylic acids is 1. The highest BCUT2D eigenvalue weighted by Crippen LogP contribution is 2.17. The molecule has 2 aromatic rings. The van der Waals surface area contributed by atoms with Crippen molar-refractivity contribution in [1.82, 2.24) is 20.0 Å². The Bertz CT molecular complexity index is 588. The molecular weight excluding hydrogens is 234 g/mol. The van der Waals surface area contributed by atoms with Crippen molar-refractivity contribution in [2.45, 2.75) is 13.8 Å². The van der Waals surface area contributed by atoms with Crippen LogP contribution in [0.5, 0.6) is 0 Å². The van der Waals surface area contributed by atoms with E-state index in [4.69, 9.17) is 5.73 Å². The first-order valence-corrected chi connectivity index (χ1v) is 5.28. The first kappa shape index (κ1) is 12.0. The second kappa shape index (κ2) is 4.44. The van der Waals surface area contributed by atoms with Crippen molar-refractivity contribution in [3.05, 3.63) is 29.2 Å². The maximum Gasteiger partial charge on any atom is 0.358 e. The van der Waals surface area contributed by atoms with Crippen molar-refractivity contribution in [2.75, 3.05) is 12.8 Å². The van der Waals surface area contributed by atoms with Crippen LogP contribution in [0, 0.1) is 13.8 Å². The number of esters is 1. The van der Waals surface area contributed by atoms with Gasteiger partial charge in [0.25, 0.3) is 0 Å². The molecule has 2 rings (SSSR count). The first-order valence-electron chi connectivity index (χ1n) is 5.28. The molecule has 7 nitrogen and oxygen atoms in total. The molecule has 0 saturated carbocycles. The molecule has 0 atom stereocenters. The third kappa shape index (κ3) is 1.90. The van der Waals surface area contributed by atoms with E-state index in [0.29, 0.717) is 11.5 Å². The van der Waals surface area contributed by atoms with Gasteiger partial charge in [-0.1, -0.05) is 0 Å². The lowest BCUT2D eigenvalue weighted by Gasteiger charge is -2.03. The molecule has 0 aliphatic heterocycles. The van der Waals surface area contributed by atoms with E-state index < -0.39 is 5.97 Å². The van der Waals surface area contributed by atoms with E-state index in [1.807, 2.05) is 13.8 Å². The highest BCUT2D eigenvalue weighted by molar-refractivity contribution is 5.86. The predicted octanol–water partition coefficient (Wildman–Crippen LogP) is 0.648. The Labute approximate surface area is 104 Å². The van der Waals surface area contributed by atoms with Crippen LogP contribution in [-0.2, 0) is 4.74 Å². The van der Waals surface area contributed by atoms with Gasteiger partial charge in [0.1, 0.15) is 0 Å². The number of anilines is 1. The van der Waals surface area contributed by atoms with Gasteiger partial charge < -0.3 is 10.5 Å². The summed E-state index contributed by atoms with van der Waals surface area (Å²) in [6, 6.07) is 3.17. The van der Waals surface area contributed by atoms with E-state index in [0.717, 1.165) is 11.4 Å². The first-order chi connectivity index (χ1) is 8.54. The number of hydrogen-bond donors (Lipinski definition) is 1. The van der Waals surface area contributed by atoms with E-state index in [1.54, 1.807) is 10.7 Å². The molecule has 7 heteroatoms. The standard InChI is InChI=1S/C11H13N5O2/c1-6-10(12)7(2)16(15-6)9-5-4-8(13-14-9)11(17)18-3/h4-5H,12H2,1-3H3. The molecule has 0 aromatic carbocycles. The van der Waals surface area contributed by atoms with Gasteiger partial charge in [0.2, 0.25) is 0 Å². The quantitative estimate of drug-likeness (QED) is 0.782. The van der Waals surface area contributed by atoms with Crippen LogP contribution in [0.2, 0.25) is 0 Å². The smallest absolute Gasteiger partial charge is 0.358 e. The zero-order chi connectivity index (χ0) is 13.3. The van der Waals surface area contributed by atoms with Crippen molar-refractivity contribution in [3.63, 3.8) is 0 Å². The SMILES string of the molecule is COC(=O)c1ccc(-n2nc(C)c(N)c2C)nn1. The molecule has 0 radical (unpaired) electrons. The minimum atomic E-state index is -0.526. The van der Waals surface area contributed by atoms with Crippen LogP contribution in [-0.4, -0.2) is 33.1 Å². The fraction of sp³-hybridized carbons (Fsp3) is 0.273. The Kier molecular flexibility index (Phi) is 2.97. The van der Waals surface area contributed by atoms with Crippen LogP contribution in [0.3, 0.4) is 0 Å². The largest absolute Gasteiger partial charge is 0.464 e. The molecule has 2 aromatic heterocycles. The fourth-order valence-electron chi connectivity index (χ4n) is 1.53. The minimum absolute atomic E-state index is 0.149. The average molecular weight is 247 g/mol. The molecule has 94 valence electrons. The summed E-state index contributed by atoms with van der Waals surface area (Å²) in [4.78, 5) is 11.2. The van der Waals surface area contributed by atoms with E-state index in [9.17, 15) is 4.79 Å². The van der Waals surface area contributed by atoms with Gasteiger partial charge in [-0.05, 0) is 26.0 Å². The lowest BCUT2D eigenvalue weighted by atomic mass is 10.3. The lowest BCUT2D eigenvalue weighted by Crippen LogP contribution is -2.09. The maximum atomic E-state index is 11.2. The molecule has 0 amide bonds. The predicted molar refractivity (Wildman–Crippen MR) is 64.4 cm³/mol. The molecule has 0 aliphatic rings. The van der Waals surface area contributed by atoms with E-state index in [2.05, 4.69) is 20.0 Å². The summed E-state index contributed by atoms with van der Waals surface area (Å²) in [5.41, 5.74) is 8.12. The number of nitrogens with two attached hydrogens (primary N) is 1. The number of nitrogen functional groups attached to an aromatic ring is 1. The molecule has 0 unspecified atom stereocenters. The summed E-state index contributed by atoms with van der Waals surface area (Å²) in [6.45, 7) is 3.65. The lowest BCUT2D eigenvalue weighted by molar-refractivity contribution is 0.0592. The van der Waals surface area contributed by atoms with Crippen LogP contribution in [0.1, 0.15) is 21.9 Å². The van der Waals surface area contributed by atoms with Gasteiger partial charge in [-0.25, -0.2) is 9.48 Å². The highest BCUT2D eigenvalue weighted by atomic mass is 16.5. The Morgan fingerprint density at radius 1 is 1.33 bits per heavy atom. The Balaban J connectivity index is 2.40. The van der Waals surface area contributed by atoms with Gasteiger partial charge in [-0.2, -0.15) is 5.10 Å². The number of aromatic nitrogens is 4. The molecule has 18 heavy (non-hydrogen) atoms. The van der Waals surface area contributed by atoms with Crippen molar-refractivity contribution in [1.29, 1.82) is 0 Å². The van der Waals surface area contributed by atoms with Crippen LogP contribution in [0.15, 0.2) is 12.1 Å². The summed E-state index contributed by atoms with van der Waals surface area (Å²) in [5.74, 6) is -0.0260. The Morgan fingerprint density at radius 3 is 2.50 bits per heavy atom. The summed E-state index contributed by atoms with van der Waals surface area (Å²) in [5, 5.41) is 12.0. The van der Waals surface area contributed by atoms with Crippen LogP contribution < -0.4 is 5.73 Å². The van der Waals surface area contributed by atoms with E-state index in [1.165, 1.54) is 13.2 Å². The highest BCUT2D eigenvalue weighted by Gasteiger charge is 2.13. The second-order valence-corrected chi connectivity index (χ2v) is 3.76. The van der Waals surface area contributed by atoms with Gasteiger partial charge in [0.15, 0.2) is 11.5 Å². The number of rotatable bonds is 2. The van der Waals surface area contributed by atoms with Gasteiger partial charge in [0, 0.05) is 0 Å². The molecule has 0 bridgehead atoms. The van der Waals surface area contributed by atoms with Crippen molar-refractivity contribution >= 4 is 11.7 Å². The van der Waals surface area contributed by atoms with Crippen LogP contribution in [0.4, 0.5) is 5.69 Å². The van der Waals surface area contributed by atoms with Gasteiger partial charge >= 0.3 is 5.97 Å². The number of carbonyl (C=O) groups is 1. The third-order valence-electron chi connectivity index (χ3n) is 2.61. The van der Waals surface area contributed by atoms with Crippen LogP contribution in [0.25, 0.3) is 5.82 Å². The normalized spacial score (nSPS) is 10.4. The topological polar surface area (TPSA) is 95.9 Å². The minimum Gasteiger partial charge on any atom is -0.464 e. The number of ether oxygens (including phenoxy) is 1. The summed E-state index contributed by atoms with van der Waals surface area (Å²) >= 11 is 0. The van der Waals surface area contributed by atoms with Gasteiger partial charge in [0.05, 0.1) is 24.2 Å². The molecule has 0 aliphatic carbocycles.